The summed E-state index contributed by atoms with van der Waals surface area (Å²) in [4.78, 5) is 24.1. The van der Waals surface area contributed by atoms with Crippen molar-refractivity contribution in [1.29, 1.82) is 0 Å². The van der Waals surface area contributed by atoms with Gasteiger partial charge in [-0.05, 0) is 12.1 Å². The van der Waals surface area contributed by atoms with Crippen LogP contribution in [-0.4, -0.2) is 25.4 Å². The van der Waals surface area contributed by atoms with E-state index in [1.165, 1.54) is 30.6 Å². The Bertz CT molecular complexity index is 784. The van der Waals surface area contributed by atoms with Gasteiger partial charge in [-0.1, -0.05) is 17.7 Å². The zero-order valence-corrected chi connectivity index (χ0v) is 11.8. The van der Waals surface area contributed by atoms with Crippen LogP contribution in [0.3, 0.4) is 0 Å². The molecular formula is C14H9ClFN5O. The van der Waals surface area contributed by atoms with Gasteiger partial charge in [0.25, 0.3) is 5.91 Å². The van der Waals surface area contributed by atoms with Crippen LogP contribution in [-0.2, 0) is 0 Å². The molecule has 0 saturated carbocycles. The van der Waals surface area contributed by atoms with E-state index in [1.807, 2.05) is 0 Å². The second-order valence-corrected chi connectivity index (χ2v) is 4.70. The first-order chi connectivity index (χ1) is 10.6. The van der Waals surface area contributed by atoms with Gasteiger partial charge in [0.15, 0.2) is 0 Å². The maximum absolute atomic E-state index is 13.7. The van der Waals surface area contributed by atoms with Crippen LogP contribution in [0.1, 0.15) is 10.4 Å². The number of amides is 1. The minimum Gasteiger partial charge on any atom is -0.319 e. The van der Waals surface area contributed by atoms with Gasteiger partial charge in [0.2, 0.25) is 5.95 Å². The molecule has 110 valence electrons. The summed E-state index contributed by atoms with van der Waals surface area (Å²) in [5, 5.41) is 2.53. The summed E-state index contributed by atoms with van der Waals surface area (Å²) in [6.07, 6.45) is 7.66. The number of hydrogen-bond donors (Lipinski definition) is 1. The molecule has 1 N–H and O–H groups in total. The number of benzene rings is 1. The molecule has 3 aromatic rings. The lowest BCUT2D eigenvalue weighted by Gasteiger charge is -2.07. The van der Waals surface area contributed by atoms with Gasteiger partial charge >= 0.3 is 0 Å². The molecular weight excluding hydrogens is 309 g/mol. The van der Waals surface area contributed by atoms with Gasteiger partial charge in [-0.15, -0.1) is 0 Å². The zero-order valence-electron chi connectivity index (χ0n) is 11.1. The number of imidazole rings is 1. The lowest BCUT2D eigenvalue weighted by Crippen LogP contribution is -2.15. The lowest BCUT2D eigenvalue weighted by atomic mass is 10.2. The number of nitrogens with zero attached hydrogens (tertiary/aromatic N) is 4. The number of aromatic nitrogens is 4. The minimum atomic E-state index is -0.694. The molecule has 0 aliphatic rings. The molecule has 0 saturated heterocycles. The highest BCUT2D eigenvalue weighted by atomic mass is 35.5. The number of carbonyl (C=O) groups is 1. The Morgan fingerprint density at radius 2 is 2.05 bits per heavy atom. The topological polar surface area (TPSA) is 72.7 Å². The largest absolute Gasteiger partial charge is 0.319 e. The Hall–Kier alpha value is -2.80. The van der Waals surface area contributed by atoms with E-state index in [2.05, 4.69) is 20.3 Å². The molecule has 3 rings (SSSR count). The molecule has 1 aromatic carbocycles. The smallest absolute Gasteiger partial charge is 0.260 e. The van der Waals surface area contributed by atoms with Crippen molar-refractivity contribution in [3.05, 3.63) is 65.7 Å². The van der Waals surface area contributed by atoms with Crippen LogP contribution in [0.25, 0.3) is 5.95 Å². The van der Waals surface area contributed by atoms with Crippen LogP contribution < -0.4 is 5.32 Å². The fraction of sp³-hybridized carbons (Fsp3) is 0. The van der Waals surface area contributed by atoms with Gasteiger partial charge < -0.3 is 5.32 Å². The Balaban J connectivity index is 1.80. The predicted octanol–water partition coefficient (Wildman–Crippen LogP) is 2.71. The number of hydrogen-bond acceptors (Lipinski definition) is 4. The van der Waals surface area contributed by atoms with Crippen molar-refractivity contribution < 1.29 is 9.18 Å². The zero-order chi connectivity index (χ0) is 15.5. The van der Waals surface area contributed by atoms with Gasteiger partial charge in [0.1, 0.15) is 12.1 Å². The summed E-state index contributed by atoms with van der Waals surface area (Å²) in [6.45, 7) is 0. The van der Waals surface area contributed by atoms with Gasteiger partial charge in [-0.2, -0.15) is 0 Å². The van der Waals surface area contributed by atoms with E-state index >= 15 is 0 Å². The van der Waals surface area contributed by atoms with Crippen LogP contribution >= 0.6 is 11.6 Å². The average molecular weight is 318 g/mol. The summed E-state index contributed by atoms with van der Waals surface area (Å²) in [6, 6.07) is 4.04. The standard InChI is InChI=1S/C14H9ClFN5O/c15-10-2-1-3-11(16)12(10)13(22)20-9-6-18-14(19-7-9)21-5-4-17-8-21/h1-8H,(H,20,22). The number of nitrogens with one attached hydrogen (secondary N) is 1. The monoisotopic (exact) mass is 317 g/mol. The first kappa shape index (κ1) is 14.2. The van der Waals surface area contributed by atoms with Crippen LogP contribution in [0.4, 0.5) is 10.1 Å². The highest BCUT2D eigenvalue weighted by molar-refractivity contribution is 6.34. The van der Waals surface area contributed by atoms with Crippen molar-refractivity contribution in [2.45, 2.75) is 0 Å². The van der Waals surface area contributed by atoms with Gasteiger partial charge in [-0.3, -0.25) is 9.36 Å². The van der Waals surface area contributed by atoms with Crippen molar-refractivity contribution in [2.24, 2.45) is 0 Å². The summed E-state index contributed by atoms with van der Waals surface area (Å²) in [5.74, 6) is -0.956. The molecule has 2 heterocycles. The maximum atomic E-state index is 13.7. The molecule has 0 unspecified atom stereocenters. The minimum absolute atomic E-state index is 0.0356. The fourth-order valence-electron chi connectivity index (χ4n) is 1.80. The fourth-order valence-corrected chi connectivity index (χ4v) is 2.05. The van der Waals surface area contributed by atoms with E-state index in [0.29, 0.717) is 11.6 Å². The molecule has 1 amide bonds. The molecule has 6 nitrogen and oxygen atoms in total. The molecule has 0 fully saturated rings. The van der Waals surface area contributed by atoms with Crippen molar-refractivity contribution in [1.82, 2.24) is 19.5 Å². The van der Waals surface area contributed by atoms with Crippen molar-refractivity contribution in [3.63, 3.8) is 0 Å². The van der Waals surface area contributed by atoms with E-state index in [9.17, 15) is 9.18 Å². The summed E-state index contributed by atoms with van der Waals surface area (Å²) in [5.41, 5.74) is 0.107. The first-order valence-corrected chi connectivity index (χ1v) is 6.58. The van der Waals surface area contributed by atoms with E-state index < -0.39 is 11.7 Å². The quantitative estimate of drug-likeness (QED) is 0.806. The van der Waals surface area contributed by atoms with Gasteiger partial charge in [-0.25, -0.2) is 19.3 Å². The summed E-state index contributed by atoms with van der Waals surface area (Å²) < 4.78 is 15.3. The van der Waals surface area contributed by atoms with Crippen molar-refractivity contribution in [3.8, 4) is 5.95 Å². The lowest BCUT2D eigenvalue weighted by molar-refractivity contribution is 0.102. The van der Waals surface area contributed by atoms with Crippen LogP contribution in [0, 0.1) is 5.82 Å². The second-order valence-electron chi connectivity index (χ2n) is 4.29. The summed E-state index contributed by atoms with van der Waals surface area (Å²) in [7, 11) is 0. The van der Waals surface area contributed by atoms with Crippen molar-refractivity contribution >= 4 is 23.2 Å². The highest BCUT2D eigenvalue weighted by Gasteiger charge is 2.16. The molecule has 0 radical (unpaired) electrons. The highest BCUT2D eigenvalue weighted by Crippen LogP contribution is 2.20. The molecule has 8 heteroatoms. The van der Waals surface area contributed by atoms with Crippen molar-refractivity contribution in [2.75, 3.05) is 5.32 Å². The molecule has 0 spiro atoms. The maximum Gasteiger partial charge on any atom is 0.260 e. The normalized spacial score (nSPS) is 10.5. The molecule has 0 bridgehead atoms. The van der Waals surface area contributed by atoms with Gasteiger partial charge in [0.05, 0.1) is 28.7 Å². The number of carbonyl (C=O) groups excluding carboxylic acids is 1. The van der Waals surface area contributed by atoms with E-state index in [-0.39, 0.29) is 10.6 Å². The Morgan fingerprint density at radius 3 is 2.68 bits per heavy atom. The number of halogens is 2. The number of rotatable bonds is 3. The summed E-state index contributed by atoms with van der Waals surface area (Å²) >= 11 is 5.84. The molecule has 22 heavy (non-hydrogen) atoms. The molecule has 2 aromatic heterocycles. The van der Waals surface area contributed by atoms with Gasteiger partial charge in [0, 0.05) is 12.4 Å². The molecule has 0 aliphatic carbocycles. The second kappa shape index (κ2) is 5.90. The van der Waals surface area contributed by atoms with E-state index in [1.54, 1.807) is 23.3 Å². The molecule has 0 aliphatic heterocycles. The molecule has 0 atom stereocenters. The SMILES string of the molecule is O=C(Nc1cnc(-n2ccnc2)nc1)c1c(F)cccc1Cl. The predicted molar refractivity (Wildman–Crippen MR) is 78.5 cm³/mol. The first-order valence-electron chi connectivity index (χ1n) is 6.21. The van der Waals surface area contributed by atoms with E-state index in [0.717, 1.165) is 0 Å². The third-order valence-electron chi connectivity index (χ3n) is 2.82. The third kappa shape index (κ3) is 2.79. The average Bonchev–Trinajstić information content (AvgIpc) is 3.02. The Morgan fingerprint density at radius 1 is 1.27 bits per heavy atom. The van der Waals surface area contributed by atoms with Crippen LogP contribution in [0.2, 0.25) is 5.02 Å². The van der Waals surface area contributed by atoms with Crippen LogP contribution in [0.5, 0.6) is 0 Å². The third-order valence-corrected chi connectivity index (χ3v) is 3.14. The Kier molecular flexibility index (Phi) is 3.80. The number of anilines is 1. The van der Waals surface area contributed by atoms with Crippen LogP contribution in [0.15, 0.2) is 49.3 Å². The Labute approximate surface area is 129 Å². The van der Waals surface area contributed by atoms with E-state index in [4.69, 9.17) is 11.6 Å².